The summed E-state index contributed by atoms with van der Waals surface area (Å²) in [5.74, 6) is 1.07. The van der Waals surface area contributed by atoms with E-state index in [9.17, 15) is 9.59 Å². The van der Waals surface area contributed by atoms with Crippen molar-refractivity contribution >= 4 is 33.3 Å². The van der Waals surface area contributed by atoms with Crippen LogP contribution in [0.1, 0.15) is 62.7 Å². The molecule has 0 unspecified atom stereocenters. The maximum Gasteiger partial charge on any atom is 0.303 e. The molecule has 3 fully saturated rings. The number of carboxylic acids is 1. The Morgan fingerprint density at radius 2 is 2.03 bits per heavy atom. The van der Waals surface area contributed by atoms with Crippen LogP contribution in [0.3, 0.4) is 0 Å². The van der Waals surface area contributed by atoms with Crippen molar-refractivity contribution in [2.24, 2.45) is 23.2 Å². The lowest BCUT2D eigenvalue weighted by Crippen LogP contribution is -2.61. The number of hydrogen-bond acceptors (Lipinski definition) is 3. The molecule has 0 aliphatic heterocycles. The molecule has 30 heavy (non-hydrogen) atoms. The zero-order chi connectivity index (χ0) is 21.3. The van der Waals surface area contributed by atoms with Crippen LogP contribution in [0.5, 0.6) is 0 Å². The van der Waals surface area contributed by atoms with Crippen LogP contribution in [-0.4, -0.2) is 23.0 Å². The molecular formula is C25H31NO3S. The first-order chi connectivity index (χ1) is 14.4. The fourth-order valence-electron chi connectivity index (χ4n) is 5.58. The van der Waals surface area contributed by atoms with Gasteiger partial charge in [0.25, 0.3) is 5.91 Å². The maximum absolute atomic E-state index is 13.1. The summed E-state index contributed by atoms with van der Waals surface area (Å²) in [7, 11) is 0. The van der Waals surface area contributed by atoms with Gasteiger partial charge in [0.1, 0.15) is 0 Å². The van der Waals surface area contributed by atoms with Crippen LogP contribution >= 0.6 is 11.3 Å². The van der Waals surface area contributed by atoms with Gasteiger partial charge in [0.2, 0.25) is 0 Å². The molecular weight excluding hydrogens is 394 g/mol. The summed E-state index contributed by atoms with van der Waals surface area (Å²) >= 11 is 1.62. The van der Waals surface area contributed by atoms with Crippen molar-refractivity contribution in [2.45, 2.75) is 58.4 Å². The highest BCUT2D eigenvalue weighted by molar-refractivity contribution is 7.17. The van der Waals surface area contributed by atoms with Gasteiger partial charge in [-0.3, -0.25) is 9.59 Å². The highest BCUT2D eigenvalue weighted by atomic mass is 32.1. The molecule has 1 amide bonds. The number of fused-ring (bicyclic) bond motifs is 3. The lowest BCUT2D eigenvalue weighted by atomic mass is 9.44. The Morgan fingerprint density at radius 3 is 2.80 bits per heavy atom. The van der Waals surface area contributed by atoms with E-state index in [-0.39, 0.29) is 18.4 Å². The van der Waals surface area contributed by atoms with Crippen LogP contribution in [0.15, 0.2) is 41.8 Å². The number of nitrogens with one attached hydrogen (secondary N) is 1. The summed E-state index contributed by atoms with van der Waals surface area (Å²) in [6.45, 7) is 4.75. The summed E-state index contributed by atoms with van der Waals surface area (Å²) in [6, 6.07) is 8.29. The number of aliphatic carboxylic acids is 1. The average Bonchev–Trinajstić information content (AvgIpc) is 3.15. The Bertz CT molecular complexity index is 960. The number of amides is 1. The molecule has 1 heterocycles. The molecule has 4 atom stereocenters. The summed E-state index contributed by atoms with van der Waals surface area (Å²) in [4.78, 5) is 23.8. The Hall–Kier alpha value is -2.14. The van der Waals surface area contributed by atoms with E-state index >= 15 is 0 Å². The van der Waals surface area contributed by atoms with Crippen molar-refractivity contribution in [3.05, 3.63) is 47.4 Å². The van der Waals surface area contributed by atoms with E-state index in [0.717, 1.165) is 34.9 Å². The summed E-state index contributed by atoms with van der Waals surface area (Å²) < 4.78 is 1.15. The molecule has 2 aromatic rings. The molecule has 5 heteroatoms. The van der Waals surface area contributed by atoms with E-state index in [2.05, 4.69) is 37.4 Å². The third-order valence-electron chi connectivity index (χ3n) is 7.50. The fraction of sp³-hybridized carbons (Fsp3) is 0.520. The molecule has 1 aromatic heterocycles. The van der Waals surface area contributed by atoms with E-state index in [1.165, 1.54) is 6.42 Å². The lowest BCUT2D eigenvalue weighted by molar-refractivity contribution is -0.137. The zero-order valence-corrected chi connectivity index (χ0v) is 18.6. The predicted octanol–water partition coefficient (Wildman–Crippen LogP) is 5.88. The number of carbonyl (C=O) groups excluding carboxylic acids is 1. The highest BCUT2D eigenvalue weighted by Gasteiger charge is 2.57. The Labute approximate surface area is 182 Å². The van der Waals surface area contributed by atoms with Gasteiger partial charge in [-0.25, -0.2) is 0 Å². The first kappa shape index (κ1) is 21.1. The van der Waals surface area contributed by atoms with Gasteiger partial charge in [0, 0.05) is 27.9 Å². The SMILES string of the molecule is CC1(C)[C@@H]2C[C@H](NC(=O)c3csc4ccccc34)[C@@H](C/C=C\CCCC(=O)O)[C@H]1C2. The number of benzene rings is 1. The maximum atomic E-state index is 13.1. The molecule has 4 nitrogen and oxygen atoms in total. The quantitative estimate of drug-likeness (QED) is 0.410. The van der Waals surface area contributed by atoms with Crippen LogP contribution in [0, 0.1) is 23.2 Å². The second-order valence-corrected chi connectivity index (χ2v) is 10.4. The van der Waals surface area contributed by atoms with E-state index < -0.39 is 5.97 Å². The molecule has 0 spiro atoms. The van der Waals surface area contributed by atoms with Gasteiger partial charge in [-0.1, -0.05) is 44.2 Å². The molecule has 0 saturated heterocycles. The monoisotopic (exact) mass is 425 g/mol. The minimum atomic E-state index is -0.735. The van der Waals surface area contributed by atoms with Crippen LogP contribution < -0.4 is 5.32 Å². The molecule has 3 aliphatic carbocycles. The molecule has 0 radical (unpaired) electrons. The van der Waals surface area contributed by atoms with Crippen molar-refractivity contribution in [2.75, 3.05) is 0 Å². The van der Waals surface area contributed by atoms with Crippen molar-refractivity contribution in [1.29, 1.82) is 0 Å². The smallest absolute Gasteiger partial charge is 0.303 e. The number of unbranched alkanes of at least 4 members (excludes halogenated alkanes) is 1. The lowest BCUT2D eigenvalue weighted by Gasteiger charge is -2.62. The van der Waals surface area contributed by atoms with Crippen LogP contribution in [-0.2, 0) is 4.79 Å². The minimum absolute atomic E-state index is 0.0481. The number of allylic oxidation sites excluding steroid dienone is 2. The topological polar surface area (TPSA) is 66.4 Å². The molecule has 3 aliphatic rings. The second kappa shape index (κ2) is 8.54. The first-order valence-electron chi connectivity index (χ1n) is 11.0. The molecule has 1 aromatic carbocycles. The summed E-state index contributed by atoms with van der Waals surface area (Å²) in [6.07, 6.45) is 9.29. The van der Waals surface area contributed by atoms with Crippen molar-refractivity contribution in [3.8, 4) is 0 Å². The number of rotatable bonds is 8. The minimum Gasteiger partial charge on any atom is -0.481 e. The molecule has 5 rings (SSSR count). The van der Waals surface area contributed by atoms with Crippen molar-refractivity contribution in [3.63, 3.8) is 0 Å². The van der Waals surface area contributed by atoms with Gasteiger partial charge >= 0.3 is 5.97 Å². The van der Waals surface area contributed by atoms with Gasteiger partial charge in [-0.15, -0.1) is 11.3 Å². The van der Waals surface area contributed by atoms with Gasteiger partial charge in [0.15, 0.2) is 0 Å². The third-order valence-corrected chi connectivity index (χ3v) is 8.46. The summed E-state index contributed by atoms with van der Waals surface area (Å²) in [5, 5.41) is 15.2. The van der Waals surface area contributed by atoms with Crippen molar-refractivity contribution in [1.82, 2.24) is 5.32 Å². The van der Waals surface area contributed by atoms with Crippen LogP contribution in [0.2, 0.25) is 0 Å². The van der Waals surface area contributed by atoms with E-state index in [1.54, 1.807) is 11.3 Å². The van der Waals surface area contributed by atoms with Crippen molar-refractivity contribution < 1.29 is 14.7 Å². The van der Waals surface area contributed by atoms with Crippen LogP contribution in [0.25, 0.3) is 10.1 Å². The standard InChI is InChI=1S/C25H31NO3S/c1-25(2)16-13-20(25)18(10-5-3-4-6-12-23(27)28)21(14-16)26-24(29)19-15-30-22-11-8-7-9-17(19)22/h3,5,7-9,11,15-16,18,20-21H,4,6,10,12-14H2,1-2H3,(H,26,29)(H,27,28)/b5-3-/t16-,18-,20+,21-/m0/s1. The van der Waals surface area contributed by atoms with Gasteiger partial charge in [-0.2, -0.15) is 0 Å². The summed E-state index contributed by atoms with van der Waals surface area (Å²) in [5.41, 5.74) is 1.13. The number of thiophene rings is 1. The number of hydrogen-bond donors (Lipinski definition) is 2. The highest BCUT2D eigenvalue weighted by Crippen LogP contribution is 2.62. The normalized spacial score (nSPS) is 27.1. The zero-order valence-electron chi connectivity index (χ0n) is 17.8. The number of carboxylic acid groups (broad SMARTS) is 1. The largest absolute Gasteiger partial charge is 0.481 e. The Balaban J connectivity index is 1.43. The molecule has 160 valence electrons. The van der Waals surface area contributed by atoms with Gasteiger partial charge < -0.3 is 10.4 Å². The molecule has 2 bridgehead atoms. The van der Waals surface area contributed by atoms with E-state index in [0.29, 0.717) is 29.6 Å². The van der Waals surface area contributed by atoms with Gasteiger partial charge in [-0.05, 0) is 61.3 Å². The number of carbonyl (C=O) groups is 2. The fourth-order valence-corrected chi connectivity index (χ4v) is 6.52. The third kappa shape index (κ3) is 4.04. The van der Waals surface area contributed by atoms with Crippen LogP contribution in [0.4, 0.5) is 0 Å². The average molecular weight is 426 g/mol. The van der Waals surface area contributed by atoms with Gasteiger partial charge in [0.05, 0.1) is 5.56 Å². The second-order valence-electron chi connectivity index (χ2n) is 9.48. The van der Waals surface area contributed by atoms with E-state index in [1.807, 2.05) is 23.6 Å². The molecule has 3 saturated carbocycles. The molecule has 2 N–H and O–H groups in total. The predicted molar refractivity (Wildman–Crippen MR) is 122 cm³/mol. The Morgan fingerprint density at radius 1 is 1.23 bits per heavy atom. The Kier molecular flexibility index (Phi) is 6.01. The van der Waals surface area contributed by atoms with E-state index in [4.69, 9.17) is 5.11 Å². The first-order valence-corrected chi connectivity index (χ1v) is 11.9.